The number of hydrogen-bond donors (Lipinski definition) is 0. The number of rotatable bonds is 6. The maximum Gasteiger partial charge on any atom is 0.266 e. The van der Waals surface area contributed by atoms with Gasteiger partial charge in [-0.1, -0.05) is 72.3 Å². The van der Waals surface area contributed by atoms with Crippen molar-refractivity contribution in [3.8, 4) is 17.0 Å². The van der Waals surface area contributed by atoms with Gasteiger partial charge in [-0.2, -0.15) is 4.99 Å². The number of amidine groups is 1. The van der Waals surface area contributed by atoms with E-state index in [1.54, 1.807) is 11.9 Å². The van der Waals surface area contributed by atoms with Crippen molar-refractivity contribution >= 4 is 57.0 Å². The zero-order chi connectivity index (χ0) is 24.2. The van der Waals surface area contributed by atoms with Gasteiger partial charge in [0.2, 0.25) is 5.13 Å². The van der Waals surface area contributed by atoms with Gasteiger partial charge in [-0.25, -0.2) is 4.98 Å². The topological polar surface area (TPSA) is 54.8 Å². The van der Waals surface area contributed by atoms with E-state index < -0.39 is 0 Å². The zero-order valence-corrected chi connectivity index (χ0v) is 21.1. The Labute approximate surface area is 216 Å². The van der Waals surface area contributed by atoms with E-state index in [0.29, 0.717) is 32.6 Å². The molecule has 0 aliphatic carbocycles. The van der Waals surface area contributed by atoms with E-state index in [4.69, 9.17) is 16.3 Å². The van der Waals surface area contributed by atoms with E-state index in [0.717, 1.165) is 22.4 Å². The van der Waals surface area contributed by atoms with E-state index in [2.05, 4.69) is 9.98 Å². The smallest absolute Gasteiger partial charge is 0.266 e. The van der Waals surface area contributed by atoms with Gasteiger partial charge in [-0.15, -0.1) is 11.3 Å². The van der Waals surface area contributed by atoms with Gasteiger partial charge in [-0.05, 0) is 41.6 Å². The Balaban J connectivity index is 1.35. The molecule has 5 rings (SSSR count). The molecular weight excluding hydrogens is 498 g/mol. The van der Waals surface area contributed by atoms with Crippen LogP contribution < -0.4 is 4.74 Å². The number of benzene rings is 3. The number of carbonyl (C=O) groups is 1. The molecule has 5 nitrogen and oxygen atoms in total. The van der Waals surface area contributed by atoms with Gasteiger partial charge in [0, 0.05) is 28.6 Å². The Hall–Kier alpha value is -3.39. The van der Waals surface area contributed by atoms with Crippen LogP contribution in [0.4, 0.5) is 5.13 Å². The summed E-state index contributed by atoms with van der Waals surface area (Å²) in [5.74, 6) is 0.588. The normalized spacial score (nSPS) is 15.8. The van der Waals surface area contributed by atoms with Crippen LogP contribution in [0.5, 0.6) is 5.75 Å². The monoisotopic (exact) mass is 517 g/mol. The lowest BCUT2D eigenvalue weighted by Gasteiger charge is -2.10. The first-order valence-electron chi connectivity index (χ1n) is 10.8. The van der Waals surface area contributed by atoms with Crippen LogP contribution in [0.25, 0.3) is 17.3 Å². The number of aromatic nitrogens is 1. The minimum Gasteiger partial charge on any atom is -0.488 e. The maximum absolute atomic E-state index is 12.9. The highest BCUT2D eigenvalue weighted by Gasteiger charge is 2.31. The van der Waals surface area contributed by atoms with E-state index >= 15 is 0 Å². The molecule has 0 radical (unpaired) electrons. The molecule has 174 valence electrons. The summed E-state index contributed by atoms with van der Waals surface area (Å²) in [6, 6.07) is 25.2. The Morgan fingerprint density at radius 2 is 1.77 bits per heavy atom. The van der Waals surface area contributed by atoms with E-state index in [-0.39, 0.29) is 5.91 Å². The molecule has 0 saturated carbocycles. The Morgan fingerprint density at radius 3 is 2.57 bits per heavy atom. The molecule has 1 aliphatic rings. The predicted octanol–water partition coefficient (Wildman–Crippen LogP) is 7.28. The first-order chi connectivity index (χ1) is 17.1. The Morgan fingerprint density at radius 1 is 1.03 bits per heavy atom. The number of thioether (sulfide) groups is 1. The average molecular weight is 518 g/mol. The second-order valence-electron chi connectivity index (χ2n) is 7.70. The van der Waals surface area contributed by atoms with Crippen molar-refractivity contribution in [2.75, 3.05) is 7.05 Å². The largest absolute Gasteiger partial charge is 0.488 e. The van der Waals surface area contributed by atoms with Crippen molar-refractivity contribution in [3.05, 3.63) is 105 Å². The van der Waals surface area contributed by atoms with Crippen LogP contribution >= 0.6 is 34.7 Å². The minimum atomic E-state index is -0.110. The molecule has 8 heteroatoms. The number of nitrogens with zero attached hydrogens (tertiary/aromatic N) is 3. The number of likely N-dealkylation sites (N-methyl/N-ethyl adjacent to an activating group) is 1. The number of amides is 1. The number of hydrogen-bond acceptors (Lipinski definition) is 6. The highest BCUT2D eigenvalue weighted by molar-refractivity contribution is 8.18. The van der Waals surface area contributed by atoms with Gasteiger partial charge >= 0.3 is 0 Å². The fourth-order valence-corrected chi connectivity index (χ4v) is 5.24. The highest BCUT2D eigenvalue weighted by Crippen LogP contribution is 2.36. The molecule has 0 N–H and O–H groups in total. The van der Waals surface area contributed by atoms with Crippen molar-refractivity contribution in [1.29, 1.82) is 0 Å². The maximum atomic E-state index is 12.9. The van der Waals surface area contributed by atoms with Crippen molar-refractivity contribution in [2.24, 2.45) is 4.99 Å². The van der Waals surface area contributed by atoms with E-state index in [1.165, 1.54) is 23.1 Å². The molecule has 1 fully saturated rings. The lowest BCUT2D eigenvalue weighted by atomic mass is 10.2. The van der Waals surface area contributed by atoms with Gasteiger partial charge < -0.3 is 4.74 Å². The third-order valence-electron chi connectivity index (χ3n) is 5.27. The van der Waals surface area contributed by atoms with Crippen LogP contribution in [-0.2, 0) is 11.4 Å². The summed E-state index contributed by atoms with van der Waals surface area (Å²) in [4.78, 5) is 24.3. The fourth-order valence-electron chi connectivity index (χ4n) is 3.40. The molecule has 1 aromatic heterocycles. The first kappa shape index (κ1) is 23.4. The minimum absolute atomic E-state index is 0.110. The van der Waals surface area contributed by atoms with E-state index in [1.807, 2.05) is 90.3 Å². The summed E-state index contributed by atoms with van der Waals surface area (Å²) in [6.07, 6.45) is 1.85. The second-order valence-corrected chi connectivity index (χ2v) is 9.99. The zero-order valence-electron chi connectivity index (χ0n) is 18.7. The molecule has 3 aromatic carbocycles. The molecule has 0 unspecified atom stereocenters. The summed E-state index contributed by atoms with van der Waals surface area (Å²) in [7, 11) is 1.73. The number of aliphatic imine (C=N–C) groups is 1. The molecule has 0 atom stereocenters. The summed E-state index contributed by atoms with van der Waals surface area (Å²) < 4.78 is 6.04. The molecule has 0 spiro atoms. The number of ether oxygens (including phenoxy) is 1. The second kappa shape index (κ2) is 10.5. The van der Waals surface area contributed by atoms with Crippen molar-refractivity contribution in [3.63, 3.8) is 0 Å². The SMILES string of the molecule is CN1C(=O)/C(=C/c2ccccc2OCc2ccc(Cl)cc2)S/C1=N/c1nc(-c2ccccc2)cs1. The number of carbonyl (C=O) groups excluding carboxylic acids is 1. The summed E-state index contributed by atoms with van der Waals surface area (Å²) in [6.45, 7) is 0.402. The molecule has 35 heavy (non-hydrogen) atoms. The number of thiazole rings is 1. The molecule has 1 saturated heterocycles. The van der Waals surface area contributed by atoms with Gasteiger partial charge in [0.15, 0.2) is 5.17 Å². The van der Waals surface area contributed by atoms with Crippen LogP contribution in [-0.4, -0.2) is 28.0 Å². The first-order valence-corrected chi connectivity index (χ1v) is 12.9. The van der Waals surface area contributed by atoms with Crippen molar-refractivity contribution < 1.29 is 9.53 Å². The quantitative estimate of drug-likeness (QED) is 0.252. The highest BCUT2D eigenvalue weighted by atomic mass is 35.5. The van der Waals surface area contributed by atoms with Crippen LogP contribution in [0.1, 0.15) is 11.1 Å². The standard InChI is InChI=1S/C27H20ClN3O2S2/c1-31-25(32)24(35-27(31)30-26-29-22(17-34-26)19-7-3-2-4-8-19)15-20-9-5-6-10-23(20)33-16-18-11-13-21(28)14-12-18/h2-15,17H,16H2,1H3/b24-15-,30-27+. The van der Waals surface area contributed by atoms with Gasteiger partial charge in [-0.3, -0.25) is 9.69 Å². The Kier molecular flexibility index (Phi) is 6.99. The van der Waals surface area contributed by atoms with Crippen LogP contribution in [0.2, 0.25) is 5.02 Å². The summed E-state index contributed by atoms with van der Waals surface area (Å²) in [5.41, 5.74) is 3.74. The van der Waals surface area contributed by atoms with Crippen LogP contribution in [0.15, 0.2) is 94.1 Å². The Bertz CT molecular complexity index is 1420. The molecule has 1 aliphatic heterocycles. The molecule has 0 bridgehead atoms. The van der Waals surface area contributed by atoms with E-state index in [9.17, 15) is 4.79 Å². The average Bonchev–Trinajstić information content (AvgIpc) is 3.46. The third-order valence-corrected chi connectivity index (χ3v) is 7.32. The van der Waals surface area contributed by atoms with Crippen LogP contribution in [0, 0.1) is 0 Å². The summed E-state index contributed by atoms with van der Waals surface area (Å²) >= 11 is 8.75. The van der Waals surface area contributed by atoms with Gasteiger partial charge in [0.25, 0.3) is 5.91 Å². The van der Waals surface area contributed by atoms with Crippen molar-refractivity contribution in [1.82, 2.24) is 9.88 Å². The third kappa shape index (κ3) is 5.48. The van der Waals surface area contributed by atoms with Crippen molar-refractivity contribution in [2.45, 2.75) is 6.61 Å². The molecule has 1 amide bonds. The van der Waals surface area contributed by atoms with Crippen LogP contribution in [0.3, 0.4) is 0 Å². The molecular formula is C27H20ClN3O2S2. The van der Waals surface area contributed by atoms with Gasteiger partial charge in [0.05, 0.1) is 10.6 Å². The lowest BCUT2D eigenvalue weighted by Crippen LogP contribution is -2.23. The lowest BCUT2D eigenvalue weighted by molar-refractivity contribution is -0.121. The fraction of sp³-hybridized carbons (Fsp3) is 0.0741. The molecule has 4 aromatic rings. The predicted molar refractivity (Wildman–Crippen MR) is 145 cm³/mol. The number of halogens is 1. The summed E-state index contributed by atoms with van der Waals surface area (Å²) in [5, 5.41) is 3.86. The van der Waals surface area contributed by atoms with Gasteiger partial charge in [0.1, 0.15) is 12.4 Å². The molecule has 2 heterocycles. The number of para-hydroxylation sites is 1.